The van der Waals surface area contributed by atoms with Crippen LogP contribution in [0, 0.1) is 17.5 Å². The number of halogens is 3. The summed E-state index contributed by atoms with van der Waals surface area (Å²) in [6.07, 6.45) is 0.778. The van der Waals surface area contributed by atoms with Gasteiger partial charge in [0.1, 0.15) is 18.0 Å². The molecule has 2 rings (SSSR count). The molecule has 2 unspecified atom stereocenters. The van der Waals surface area contributed by atoms with E-state index in [1.807, 2.05) is 0 Å². The molecular weight excluding hydrogens is 257 g/mol. The van der Waals surface area contributed by atoms with Gasteiger partial charge in [-0.2, -0.15) is 0 Å². The minimum Gasteiger partial charge on any atom is -0.388 e. The number of aliphatic hydroxyl groups excluding tert-OH is 1. The number of nitrogens with zero attached hydrogens (tertiary/aromatic N) is 2. The van der Waals surface area contributed by atoms with Crippen molar-refractivity contribution in [3.05, 3.63) is 59.4 Å². The van der Waals surface area contributed by atoms with Crippen molar-refractivity contribution in [2.45, 2.75) is 18.9 Å². The van der Waals surface area contributed by atoms with Gasteiger partial charge in [0.2, 0.25) is 0 Å². The molecule has 0 aliphatic carbocycles. The van der Waals surface area contributed by atoms with E-state index in [-0.39, 0.29) is 11.3 Å². The van der Waals surface area contributed by atoms with Crippen molar-refractivity contribution in [3.8, 4) is 0 Å². The molecule has 0 amide bonds. The fourth-order valence-electron chi connectivity index (χ4n) is 1.82. The Kier molecular flexibility index (Phi) is 3.80. The van der Waals surface area contributed by atoms with Gasteiger partial charge in [-0.15, -0.1) is 0 Å². The van der Waals surface area contributed by atoms with E-state index >= 15 is 0 Å². The molecular formula is C13H11F3N2O. The van der Waals surface area contributed by atoms with E-state index < -0.39 is 29.5 Å². The monoisotopic (exact) mass is 268 g/mol. The Hall–Kier alpha value is -1.95. The molecule has 0 aliphatic rings. The van der Waals surface area contributed by atoms with E-state index in [0.717, 1.165) is 24.7 Å². The molecule has 1 heterocycles. The van der Waals surface area contributed by atoms with E-state index in [4.69, 9.17) is 0 Å². The molecule has 1 N–H and O–H groups in total. The van der Waals surface area contributed by atoms with Gasteiger partial charge in [0.15, 0.2) is 5.82 Å². The lowest BCUT2D eigenvalue weighted by Crippen LogP contribution is -2.13. The van der Waals surface area contributed by atoms with Crippen molar-refractivity contribution in [1.29, 1.82) is 0 Å². The van der Waals surface area contributed by atoms with Crippen LogP contribution >= 0.6 is 0 Å². The van der Waals surface area contributed by atoms with E-state index in [1.54, 1.807) is 0 Å². The average Bonchev–Trinajstić information content (AvgIpc) is 2.38. The molecule has 19 heavy (non-hydrogen) atoms. The van der Waals surface area contributed by atoms with Crippen LogP contribution in [0.2, 0.25) is 0 Å². The van der Waals surface area contributed by atoms with Gasteiger partial charge in [-0.05, 0) is 6.07 Å². The summed E-state index contributed by atoms with van der Waals surface area (Å²) in [7, 11) is 0. The topological polar surface area (TPSA) is 46.0 Å². The van der Waals surface area contributed by atoms with Gasteiger partial charge >= 0.3 is 0 Å². The highest BCUT2D eigenvalue weighted by molar-refractivity contribution is 5.24. The second-order valence-corrected chi connectivity index (χ2v) is 4.16. The summed E-state index contributed by atoms with van der Waals surface area (Å²) in [4.78, 5) is 7.23. The number of rotatable bonds is 3. The average molecular weight is 268 g/mol. The fraction of sp³-hybridized carbons (Fsp3) is 0.231. The Labute approximate surface area is 107 Å². The molecule has 0 bridgehead atoms. The van der Waals surface area contributed by atoms with E-state index in [0.29, 0.717) is 6.07 Å². The maximum absolute atomic E-state index is 13.6. The molecule has 2 atom stereocenters. The molecule has 1 aromatic heterocycles. The standard InChI is InChI=1S/C13H11F3N2O/c1-7(12-11(16)5-17-6-18-12)13(19)9-3-2-8(14)4-10(9)15/h2-7,13,19H,1H3. The van der Waals surface area contributed by atoms with E-state index in [9.17, 15) is 18.3 Å². The lowest BCUT2D eigenvalue weighted by Gasteiger charge is -2.19. The highest BCUT2D eigenvalue weighted by Gasteiger charge is 2.25. The zero-order chi connectivity index (χ0) is 14.0. The number of benzene rings is 1. The predicted molar refractivity (Wildman–Crippen MR) is 61.7 cm³/mol. The van der Waals surface area contributed by atoms with Gasteiger partial charge < -0.3 is 5.11 Å². The van der Waals surface area contributed by atoms with Crippen LogP contribution < -0.4 is 0 Å². The minimum atomic E-state index is -1.33. The van der Waals surface area contributed by atoms with Crippen LogP contribution in [-0.4, -0.2) is 15.1 Å². The Morgan fingerprint density at radius 2 is 1.89 bits per heavy atom. The van der Waals surface area contributed by atoms with Gasteiger partial charge in [-0.25, -0.2) is 23.1 Å². The first-order chi connectivity index (χ1) is 9.00. The molecule has 0 fully saturated rings. The van der Waals surface area contributed by atoms with Crippen LogP contribution in [0.15, 0.2) is 30.7 Å². The highest BCUT2D eigenvalue weighted by Crippen LogP contribution is 2.31. The SMILES string of the molecule is CC(c1ncncc1F)C(O)c1ccc(F)cc1F. The lowest BCUT2D eigenvalue weighted by atomic mass is 9.94. The fourth-order valence-corrected chi connectivity index (χ4v) is 1.82. The zero-order valence-electron chi connectivity index (χ0n) is 10.0. The van der Waals surface area contributed by atoms with Crippen LogP contribution in [0.5, 0.6) is 0 Å². The molecule has 2 aromatic rings. The van der Waals surface area contributed by atoms with Crippen molar-refractivity contribution in [1.82, 2.24) is 9.97 Å². The molecule has 6 heteroatoms. The van der Waals surface area contributed by atoms with Crippen LogP contribution in [0.4, 0.5) is 13.2 Å². The Balaban J connectivity index is 2.33. The first-order valence-corrected chi connectivity index (χ1v) is 5.59. The summed E-state index contributed by atoms with van der Waals surface area (Å²) >= 11 is 0. The van der Waals surface area contributed by atoms with Crippen LogP contribution in [-0.2, 0) is 0 Å². The maximum Gasteiger partial charge on any atom is 0.163 e. The van der Waals surface area contributed by atoms with Crippen molar-refractivity contribution in [2.24, 2.45) is 0 Å². The van der Waals surface area contributed by atoms with Crippen molar-refractivity contribution >= 4 is 0 Å². The molecule has 1 aromatic carbocycles. The summed E-state index contributed by atoms with van der Waals surface area (Å²) in [6.45, 7) is 1.50. The molecule has 3 nitrogen and oxygen atoms in total. The number of hydrogen-bond acceptors (Lipinski definition) is 3. The Morgan fingerprint density at radius 3 is 2.53 bits per heavy atom. The van der Waals surface area contributed by atoms with Crippen molar-refractivity contribution in [2.75, 3.05) is 0 Å². The van der Waals surface area contributed by atoms with Gasteiger partial charge in [0, 0.05) is 17.5 Å². The number of aliphatic hydroxyl groups is 1. The third kappa shape index (κ3) is 2.73. The molecule has 0 radical (unpaired) electrons. The predicted octanol–water partition coefficient (Wildman–Crippen LogP) is 2.73. The summed E-state index contributed by atoms with van der Waals surface area (Å²) in [6, 6.07) is 2.83. The zero-order valence-corrected chi connectivity index (χ0v) is 10.0. The first kappa shape index (κ1) is 13.5. The smallest absolute Gasteiger partial charge is 0.163 e. The summed E-state index contributed by atoms with van der Waals surface area (Å²) in [5.74, 6) is -3.09. The second-order valence-electron chi connectivity index (χ2n) is 4.16. The van der Waals surface area contributed by atoms with E-state index in [1.165, 1.54) is 6.92 Å². The van der Waals surface area contributed by atoms with Crippen LogP contribution in [0.3, 0.4) is 0 Å². The third-order valence-electron chi connectivity index (χ3n) is 2.88. The summed E-state index contributed by atoms with van der Waals surface area (Å²) in [5, 5.41) is 10.0. The van der Waals surface area contributed by atoms with Crippen molar-refractivity contribution < 1.29 is 18.3 Å². The summed E-state index contributed by atoms with van der Waals surface area (Å²) in [5.41, 5.74) is -0.127. The Bertz CT molecular complexity index is 592. The maximum atomic E-state index is 13.6. The highest BCUT2D eigenvalue weighted by atomic mass is 19.1. The molecule has 0 saturated carbocycles. The van der Waals surface area contributed by atoms with Crippen molar-refractivity contribution in [3.63, 3.8) is 0 Å². The molecule has 0 spiro atoms. The minimum absolute atomic E-state index is 0.0220. The molecule has 0 saturated heterocycles. The number of hydrogen-bond donors (Lipinski definition) is 1. The van der Waals surface area contributed by atoms with E-state index in [2.05, 4.69) is 9.97 Å². The molecule has 0 aliphatic heterocycles. The third-order valence-corrected chi connectivity index (χ3v) is 2.88. The summed E-state index contributed by atoms with van der Waals surface area (Å²) < 4.78 is 39.8. The van der Waals surface area contributed by atoms with Crippen LogP contribution in [0.1, 0.15) is 30.2 Å². The number of aromatic nitrogens is 2. The van der Waals surface area contributed by atoms with Gasteiger partial charge in [-0.1, -0.05) is 13.0 Å². The van der Waals surface area contributed by atoms with Crippen LogP contribution in [0.25, 0.3) is 0 Å². The van der Waals surface area contributed by atoms with Gasteiger partial charge in [-0.3, -0.25) is 0 Å². The van der Waals surface area contributed by atoms with Gasteiger partial charge in [0.25, 0.3) is 0 Å². The quantitative estimate of drug-likeness (QED) is 0.931. The molecule has 100 valence electrons. The normalized spacial score (nSPS) is 14.2. The van der Waals surface area contributed by atoms with Gasteiger partial charge in [0.05, 0.1) is 18.0 Å². The lowest BCUT2D eigenvalue weighted by molar-refractivity contribution is 0.143. The largest absolute Gasteiger partial charge is 0.388 e. The first-order valence-electron chi connectivity index (χ1n) is 5.59. The Morgan fingerprint density at radius 1 is 1.16 bits per heavy atom. The second kappa shape index (κ2) is 5.36.